The van der Waals surface area contributed by atoms with E-state index in [0.717, 1.165) is 19.6 Å². The lowest BCUT2D eigenvalue weighted by atomic mass is 10.2. The highest BCUT2D eigenvalue weighted by molar-refractivity contribution is 5.85. The molecule has 0 aromatic carbocycles. The Labute approximate surface area is 81.3 Å². The SMILES string of the molecule is CCN(CC)C[C@H](N)[C@H](C)O.Cl. The zero-order chi connectivity index (χ0) is 8.85. The normalized spacial score (nSPS) is 15.5. The van der Waals surface area contributed by atoms with Crippen LogP contribution >= 0.6 is 12.4 Å². The van der Waals surface area contributed by atoms with Gasteiger partial charge in [0.25, 0.3) is 0 Å². The van der Waals surface area contributed by atoms with Crippen molar-refractivity contribution in [1.82, 2.24) is 4.90 Å². The fraction of sp³-hybridized carbons (Fsp3) is 1.00. The number of aliphatic hydroxyl groups excluding tert-OH is 1. The molecule has 2 atom stereocenters. The van der Waals surface area contributed by atoms with Crippen LogP contribution in [0.2, 0.25) is 0 Å². The largest absolute Gasteiger partial charge is 0.392 e. The molecule has 0 amide bonds. The van der Waals surface area contributed by atoms with Gasteiger partial charge in [-0.3, -0.25) is 0 Å². The van der Waals surface area contributed by atoms with Crippen LogP contribution in [0.15, 0.2) is 0 Å². The third kappa shape index (κ3) is 5.77. The summed E-state index contributed by atoms with van der Waals surface area (Å²) < 4.78 is 0. The minimum absolute atomic E-state index is 0. The Morgan fingerprint density at radius 2 is 1.75 bits per heavy atom. The number of aliphatic hydroxyl groups is 1. The second-order valence-electron chi connectivity index (χ2n) is 2.89. The molecule has 0 aliphatic carbocycles. The molecule has 0 aliphatic rings. The summed E-state index contributed by atoms with van der Waals surface area (Å²) in [6.07, 6.45) is -0.407. The summed E-state index contributed by atoms with van der Waals surface area (Å²) in [5.74, 6) is 0. The van der Waals surface area contributed by atoms with Gasteiger partial charge in [-0.25, -0.2) is 0 Å². The maximum Gasteiger partial charge on any atom is 0.0675 e. The number of likely N-dealkylation sites (N-methyl/N-ethyl adjacent to an activating group) is 1. The summed E-state index contributed by atoms with van der Waals surface area (Å²) in [7, 11) is 0. The monoisotopic (exact) mass is 196 g/mol. The second-order valence-corrected chi connectivity index (χ2v) is 2.89. The van der Waals surface area contributed by atoms with E-state index < -0.39 is 6.10 Å². The topological polar surface area (TPSA) is 49.5 Å². The smallest absolute Gasteiger partial charge is 0.0675 e. The molecule has 0 unspecified atom stereocenters. The van der Waals surface area contributed by atoms with Crippen LogP contribution in [0.5, 0.6) is 0 Å². The molecule has 0 heterocycles. The molecule has 0 radical (unpaired) electrons. The average Bonchev–Trinajstić information content (AvgIpc) is 1.99. The second kappa shape index (κ2) is 7.80. The molecule has 76 valence electrons. The molecule has 0 spiro atoms. The van der Waals surface area contributed by atoms with Crippen molar-refractivity contribution >= 4 is 12.4 Å². The molecule has 0 rings (SSSR count). The van der Waals surface area contributed by atoms with Gasteiger partial charge in [0.15, 0.2) is 0 Å². The number of hydrogen-bond donors (Lipinski definition) is 2. The number of nitrogens with two attached hydrogens (primary N) is 1. The van der Waals surface area contributed by atoms with Crippen molar-refractivity contribution in [2.45, 2.75) is 32.9 Å². The van der Waals surface area contributed by atoms with Crippen molar-refractivity contribution in [3.05, 3.63) is 0 Å². The fourth-order valence-corrected chi connectivity index (χ4v) is 0.932. The number of rotatable bonds is 5. The van der Waals surface area contributed by atoms with Gasteiger partial charge in [-0.2, -0.15) is 0 Å². The Kier molecular flexibility index (Phi) is 9.54. The highest BCUT2D eigenvalue weighted by Gasteiger charge is 2.11. The first-order chi connectivity index (χ1) is 5.11. The number of halogens is 1. The van der Waals surface area contributed by atoms with E-state index in [1.165, 1.54) is 0 Å². The van der Waals surface area contributed by atoms with Crippen molar-refractivity contribution in [2.75, 3.05) is 19.6 Å². The third-order valence-corrected chi connectivity index (χ3v) is 1.98. The molecule has 0 bridgehead atoms. The van der Waals surface area contributed by atoms with Crippen LogP contribution in [0.1, 0.15) is 20.8 Å². The minimum Gasteiger partial charge on any atom is -0.392 e. The van der Waals surface area contributed by atoms with Gasteiger partial charge in [-0.05, 0) is 20.0 Å². The summed E-state index contributed by atoms with van der Waals surface area (Å²) >= 11 is 0. The highest BCUT2D eigenvalue weighted by Crippen LogP contribution is 1.93. The Balaban J connectivity index is 0. The maximum atomic E-state index is 9.11. The maximum absolute atomic E-state index is 9.11. The third-order valence-electron chi connectivity index (χ3n) is 1.98. The fourth-order valence-electron chi connectivity index (χ4n) is 0.932. The predicted molar refractivity (Wildman–Crippen MR) is 54.7 cm³/mol. The Morgan fingerprint density at radius 1 is 1.33 bits per heavy atom. The zero-order valence-corrected chi connectivity index (χ0v) is 8.97. The van der Waals surface area contributed by atoms with Crippen molar-refractivity contribution in [3.63, 3.8) is 0 Å². The van der Waals surface area contributed by atoms with Crippen LogP contribution in [0.4, 0.5) is 0 Å². The van der Waals surface area contributed by atoms with Gasteiger partial charge in [-0.1, -0.05) is 13.8 Å². The molecular formula is C8H21ClN2O. The van der Waals surface area contributed by atoms with Gasteiger partial charge in [0.1, 0.15) is 0 Å². The summed E-state index contributed by atoms with van der Waals surface area (Å²) in [6, 6.07) is -0.116. The van der Waals surface area contributed by atoms with Gasteiger partial charge in [0.2, 0.25) is 0 Å². The van der Waals surface area contributed by atoms with Crippen LogP contribution in [-0.4, -0.2) is 41.8 Å². The van der Waals surface area contributed by atoms with Gasteiger partial charge < -0.3 is 15.7 Å². The van der Waals surface area contributed by atoms with E-state index in [1.54, 1.807) is 6.92 Å². The molecule has 3 nitrogen and oxygen atoms in total. The highest BCUT2D eigenvalue weighted by atomic mass is 35.5. The van der Waals surface area contributed by atoms with Crippen LogP contribution in [0.3, 0.4) is 0 Å². The molecule has 3 N–H and O–H groups in total. The van der Waals surface area contributed by atoms with E-state index in [-0.39, 0.29) is 18.4 Å². The average molecular weight is 197 g/mol. The quantitative estimate of drug-likeness (QED) is 0.672. The molecule has 4 heteroatoms. The first kappa shape index (κ1) is 14.7. The minimum atomic E-state index is -0.407. The van der Waals surface area contributed by atoms with Crippen LogP contribution in [0, 0.1) is 0 Å². The lowest BCUT2D eigenvalue weighted by molar-refractivity contribution is 0.136. The van der Waals surface area contributed by atoms with E-state index in [2.05, 4.69) is 18.7 Å². The van der Waals surface area contributed by atoms with Crippen LogP contribution in [-0.2, 0) is 0 Å². The molecule has 0 aromatic rings. The van der Waals surface area contributed by atoms with Gasteiger partial charge in [0.05, 0.1) is 6.10 Å². The molecule has 0 saturated carbocycles. The van der Waals surface area contributed by atoms with Crippen molar-refractivity contribution < 1.29 is 5.11 Å². The van der Waals surface area contributed by atoms with Gasteiger partial charge in [-0.15, -0.1) is 12.4 Å². The predicted octanol–water partition coefficient (Wildman–Crippen LogP) is 0.458. The Bertz CT molecular complexity index is 97.1. The molecule has 0 aromatic heterocycles. The molecular weight excluding hydrogens is 176 g/mol. The summed E-state index contributed by atoms with van der Waals surface area (Å²) in [5, 5.41) is 9.11. The van der Waals surface area contributed by atoms with Crippen LogP contribution in [0.25, 0.3) is 0 Å². The van der Waals surface area contributed by atoms with E-state index in [0.29, 0.717) is 0 Å². The van der Waals surface area contributed by atoms with E-state index in [9.17, 15) is 0 Å². The summed E-state index contributed by atoms with van der Waals surface area (Å²) in [5.41, 5.74) is 5.68. The van der Waals surface area contributed by atoms with Gasteiger partial charge >= 0.3 is 0 Å². The number of hydrogen-bond acceptors (Lipinski definition) is 3. The van der Waals surface area contributed by atoms with Crippen molar-refractivity contribution in [3.8, 4) is 0 Å². The lowest BCUT2D eigenvalue weighted by Crippen LogP contribution is -2.43. The van der Waals surface area contributed by atoms with Crippen molar-refractivity contribution in [1.29, 1.82) is 0 Å². The zero-order valence-electron chi connectivity index (χ0n) is 8.16. The van der Waals surface area contributed by atoms with E-state index in [4.69, 9.17) is 10.8 Å². The van der Waals surface area contributed by atoms with Crippen LogP contribution < -0.4 is 5.73 Å². The van der Waals surface area contributed by atoms with Crippen molar-refractivity contribution in [2.24, 2.45) is 5.73 Å². The standard InChI is InChI=1S/C8H20N2O.ClH/c1-4-10(5-2)6-8(9)7(3)11;/h7-8,11H,4-6,9H2,1-3H3;1H/t7-,8-;/m0./s1. The first-order valence-corrected chi connectivity index (χ1v) is 4.27. The molecule has 12 heavy (non-hydrogen) atoms. The Morgan fingerprint density at radius 3 is 2.00 bits per heavy atom. The van der Waals surface area contributed by atoms with E-state index in [1.807, 2.05) is 0 Å². The molecule has 0 fully saturated rings. The molecule has 0 aliphatic heterocycles. The van der Waals surface area contributed by atoms with Gasteiger partial charge in [0, 0.05) is 12.6 Å². The summed E-state index contributed by atoms with van der Waals surface area (Å²) in [4.78, 5) is 2.21. The molecule has 0 saturated heterocycles. The lowest BCUT2D eigenvalue weighted by Gasteiger charge is -2.23. The first-order valence-electron chi connectivity index (χ1n) is 4.27. The summed E-state index contributed by atoms with van der Waals surface area (Å²) in [6.45, 7) is 8.70. The Hall–Kier alpha value is 0.170. The number of nitrogens with zero attached hydrogens (tertiary/aromatic N) is 1. The van der Waals surface area contributed by atoms with E-state index >= 15 is 0 Å².